The van der Waals surface area contributed by atoms with E-state index in [0.717, 1.165) is 0 Å². The first-order valence-corrected chi connectivity index (χ1v) is 13.2. The van der Waals surface area contributed by atoms with E-state index in [2.05, 4.69) is 20.9 Å². The first kappa shape index (κ1) is 32.5. The van der Waals surface area contributed by atoms with Gasteiger partial charge in [-0.2, -0.15) is 11.8 Å². The average molecular weight is 518 g/mol. The van der Waals surface area contributed by atoms with Gasteiger partial charge in [0.25, 0.3) is 0 Å². The number of carbonyl (C=O) groups is 4. The van der Waals surface area contributed by atoms with E-state index in [0.29, 0.717) is 25.0 Å². The Morgan fingerprint density at radius 1 is 0.943 bits per heavy atom. The lowest BCUT2D eigenvalue weighted by Crippen LogP contribution is -2.58. The third-order valence-electron chi connectivity index (χ3n) is 5.62. The fourth-order valence-electron chi connectivity index (χ4n) is 3.06. The molecule has 0 aliphatic heterocycles. The van der Waals surface area contributed by atoms with Crippen molar-refractivity contribution in [1.82, 2.24) is 16.0 Å². The van der Waals surface area contributed by atoms with E-state index in [4.69, 9.17) is 17.2 Å². The largest absolute Gasteiger partial charge is 0.480 e. The van der Waals surface area contributed by atoms with Gasteiger partial charge < -0.3 is 38.3 Å². The molecule has 5 unspecified atom stereocenters. The number of guanidine groups is 1. The number of amides is 3. The molecule has 5 atom stereocenters. The summed E-state index contributed by atoms with van der Waals surface area (Å²) in [5, 5.41) is 17.4. The summed E-state index contributed by atoms with van der Waals surface area (Å²) in [6, 6.07) is -3.85. The minimum atomic E-state index is -1.16. The molecule has 0 aliphatic carbocycles. The van der Waals surface area contributed by atoms with Crippen LogP contribution in [0, 0.1) is 11.8 Å². The number of rotatable bonds is 17. The molecule has 0 radical (unpaired) electrons. The summed E-state index contributed by atoms with van der Waals surface area (Å²) in [6.45, 7) is 7.37. The summed E-state index contributed by atoms with van der Waals surface area (Å²) >= 11 is 1.51. The first-order chi connectivity index (χ1) is 16.3. The molecule has 35 heavy (non-hydrogen) atoms. The van der Waals surface area contributed by atoms with Gasteiger partial charge in [0.2, 0.25) is 17.7 Å². The zero-order valence-electron chi connectivity index (χ0n) is 21.4. The maximum atomic E-state index is 13.1. The van der Waals surface area contributed by atoms with Crippen LogP contribution in [0.4, 0.5) is 0 Å². The summed E-state index contributed by atoms with van der Waals surface area (Å²) in [7, 11) is 0. The topological polar surface area (TPSA) is 215 Å². The standard InChI is InChI=1S/C22H43N7O5S/c1-6-13(4)17(21(33)34)29-19(31)14(8-7-10-26-22(24)25)27-18(30)15(9-11-35-5)28-20(32)16(23)12(2)3/h12-17H,6-11,23H2,1-5H3,(H,27,30)(H,28,32)(H,29,31)(H,33,34)(H4,24,25,26). The minimum Gasteiger partial charge on any atom is -0.480 e. The van der Waals surface area contributed by atoms with Gasteiger partial charge in [-0.25, -0.2) is 4.79 Å². The number of aliphatic imine (C=N–C) groups is 1. The van der Waals surface area contributed by atoms with E-state index in [1.54, 1.807) is 20.8 Å². The van der Waals surface area contributed by atoms with Crippen LogP contribution in [0.3, 0.4) is 0 Å². The molecule has 0 rings (SSSR count). The number of nitrogens with zero attached hydrogens (tertiary/aromatic N) is 1. The molecule has 0 fully saturated rings. The Hall–Kier alpha value is -2.54. The van der Waals surface area contributed by atoms with E-state index < -0.39 is 47.9 Å². The molecule has 13 heteroatoms. The van der Waals surface area contributed by atoms with Gasteiger partial charge in [-0.3, -0.25) is 19.4 Å². The predicted molar refractivity (Wildman–Crippen MR) is 139 cm³/mol. The Morgan fingerprint density at radius 2 is 1.49 bits per heavy atom. The molecule has 0 heterocycles. The van der Waals surface area contributed by atoms with Crippen molar-refractivity contribution < 1.29 is 24.3 Å². The van der Waals surface area contributed by atoms with Crippen molar-refractivity contribution >= 4 is 41.4 Å². The van der Waals surface area contributed by atoms with Gasteiger partial charge in [0.05, 0.1) is 6.04 Å². The lowest BCUT2D eigenvalue weighted by molar-refractivity contribution is -0.144. The normalized spacial score (nSPS) is 15.3. The van der Waals surface area contributed by atoms with E-state index >= 15 is 0 Å². The zero-order valence-corrected chi connectivity index (χ0v) is 22.2. The van der Waals surface area contributed by atoms with Crippen LogP contribution in [0.25, 0.3) is 0 Å². The van der Waals surface area contributed by atoms with Gasteiger partial charge >= 0.3 is 5.97 Å². The van der Waals surface area contributed by atoms with Crippen molar-refractivity contribution in [3.8, 4) is 0 Å². The highest BCUT2D eigenvalue weighted by atomic mass is 32.2. The van der Waals surface area contributed by atoms with Crippen LogP contribution in [0.1, 0.15) is 53.4 Å². The molecule has 12 nitrogen and oxygen atoms in total. The Bertz CT molecular complexity index is 731. The number of hydrogen-bond donors (Lipinski definition) is 7. The summed E-state index contributed by atoms with van der Waals surface area (Å²) in [4.78, 5) is 54.1. The van der Waals surface area contributed by atoms with Crippen molar-refractivity contribution in [3.05, 3.63) is 0 Å². The number of hydrogen-bond acceptors (Lipinski definition) is 7. The molecule has 0 saturated carbocycles. The Labute approximate surface area is 212 Å². The smallest absolute Gasteiger partial charge is 0.326 e. The Balaban J connectivity index is 5.64. The SMILES string of the molecule is CCC(C)C(NC(=O)C(CCCN=C(N)N)NC(=O)C(CCSC)NC(=O)C(N)C(C)C)C(=O)O. The lowest BCUT2D eigenvalue weighted by atomic mass is 9.98. The second-order valence-corrected chi connectivity index (χ2v) is 9.82. The molecule has 3 amide bonds. The summed E-state index contributed by atoms with van der Waals surface area (Å²) in [6.07, 6.45) is 3.26. The molecule has 0 aromatic carbocycles. The summed E-state index contributed by atoms with van der Waals surface area (Å²) in [5.41, 5.74) is 16.6. The Kier molecular flexibility index (Phi) is 15.7. The number of carbonyl (C=O) groups excluding carboxylic acids is 3. The van der Waals surface area contributed by atoms with Crippen LogP contribution in [0.15, 0.2) is 4.99 Å². The van der Waals surface area contributed by atoms with Crippen LogP contribution >= 0.6 is 11.8 Å². The molecule has 0 aromatic heterocycles. The lowest BCUT2D eigenvalue weighted by Gasteiger charge is -2.27. The number of thioether (sulfide) groups is 1. The monoisotopic (exact) mass is 517 g/mol. The van der Waals surface area contributed by atoms with Gasteiger partial charge in [0.15, 0.2) is 5.96 Å². The van der Waals surface area contributed by atoms with Crippen LogP contribution < -0.4 is 33.2 Å². The summed E-state index contributed by atoms with van der Waals surface area (Å²) < 4.78 is 0. The number of carboxylic acid groups (broad SMARTS) is 1. The van der Waals surface area contributed by atoms with E-state index in [-0.39, 0.29) is 30.8 Å². The third-order valence-corrected chi connectivity index (χ3v) is 6.26. The number of carboxylic acids is 1. The highest BCUT2D eigenvalue weighted by Crippen LogP contribution is 2.10. The van der Waals surface area contributed by atoms with Crippen molar-refractivity contribution in [2.75, 3.05) is 18.6 Å². The van der Waals surface area contributed by atoms with Gasteiger partial charge in [-0.1, -0.05) is 34.1 Å². The fourth-order valence-corrected chi connectivity index (χ4v) is 3.53. The van der Waals surface area contributed by atoms with E-state index in [9.17, 15) is 24.3 Å². The quantitative estimate of drug-likeness (QED) is 0.0740. The number of aliphatic carboxylic acids is 1. The van der Waals surface area contributed by atoms with Crippen LogP contribution in [-0.2, 0) is 19.2 Å². The van der Waals surface area contributed by atoms with E-state index in [1.807, 2.05) is 13.2 Å². The average Bonchev–Trinajstić information content (AvgIpc) is 2.79. The van der Waals surface area contributed by atoms with Crippen molar-refractivity contribution in [2.45, 2.75) is 77.5 Å². The van der Waals surface area contributed by atoms with Crippen LogP contribution in [0.5, 0.6) is 0 Å². The van der Waals surface area contributed by atoms with Crippen LogP contribution in [-0.4, -0.2) is 77.5 Å². The molecule has 0 aromatic rings. The zero-order chi connectivity index (χ0) is 27.1. The first-order valence-electron chi connectivity index (χ1n) is 11.8. The number of nitrogens with one attached hydrogen (secondary N) is 3. The van der Waals surface area contributed by atoms with Gasteiger partial charge in [0.1, 0.15) is 18.1 Å². The van der Waals surface area contributed by atoms with Crippen LogP contribution in [0.2, 0.25) is 0 Å². The maximum absolute atomic E-state index is 13.1. The van der Waals surface area contributed by atoms with E-state index in [1.165, 1.54) is 11.8 Å². The molecule has 0 aliphatic rings. The van der Waals surface area contributed by atoms with Crippen molar-refractivity contribution in [2.24, 2.45) is 34.0 Å². The molecule has 202 valence electrons. The summed E-state index contributed by atoms with van der Waals surface area (Å²) in [5.74, 6) is -2.76. The predicted octanol–water partition coefficient (Wildman–Crippen LogP) is -0.638. The van der Waals surface area contributed by atoms with Gasteiger partial charge in [0, 0.05) is 6.54 Å². The highest BCUT2D eigenvalue weighted by molar-refractivity contribution is 7.98. The molecule has 0 bridgehead atoms. The Morgan fingerprint density at radius 3 is 1.97 bits per heavy atom. The second-order valence-electron chi connectivity index (χ2n) is 8.83. The van der Waals surface area contributed by atoms with Crippen molar-refractivity contribution in [1.29, 1.82) is 0 Å². The molecular weight excluding hydrogens is 474 g/mol. The molecular formula is C22H43N7O5S. The van der Waals surface area contributed by atoms with Gasteiger partial charge in [-0.15, -0.1) is 0 Å². The minimum absolute atomic E-state index is 0.0981. The number of nitrogens with two attached hydrogens (primary N) is 3. The van der Waals surface area contributed by atoms with Gasteiger partial charge in [-0.05, 0) is 43.1 Å². The highest BCUT2D eigenvalue weighted by Gasteiger charge is 2.31. The third kappa shape index (κ3) is 12.6. The fraction of sp³-hybridized carbons (Fsp3) is 0.773. The van der Waals surface area contributed by atoms with Crippen molar-refractivity contribution in [3.63, 3.8) is 0 Å². The molecule has 10 N–H and O–H groups in total. The second kappa shape index (κ2) is 17.0. The molecule has 0 spiro atoms. The molecule has 0 saturated heterocycles. The maximum Gasteiger partial charge on any atom is 0.326 e.